The summed E-state index contributed by atoms with van der Waals surface area (Å²) in [4.78, 5) is 6.67. The summed E-state index contributed by atoms with van der Waals surface area (Å²) in [7, 11) is 1.65. The molecule has 0 aromatic carbocycles. The van der Waals surface area contributed by atoms with Crippen molar-refractivity contribution in [2.75, 3.05) is 38.2 Å². The summed E-state index contributed by atoms with van der Waals surface area (Å²) in [5, 5.41) is 3.50. The molecular weight excluding hydrogens is 226 g/mol. The third kappa shape index (κ3) is 3.35. The van der Waals surface area contributed by atoms with E-state index < -0.39 is 0 Å². The Morgan fingerprint density at radius 1 is 1.50 bits per heavy atom. The minimum Gasteiger partial charge on any atom is -0.481 e. The maximum Gasteiger partial charge on any atom is 0.213 e. The fourth-order valence-electron chi connectivity index (χ4n) is 2.40. The average molecular weight is 249 g/mol. The molecule has 1 saturated heterocycles. The molecule has 0 radical (unpaired) electrons. The fourth-order valence-corrected chi connectivity index (χ4v) is 2.40. The van der Waals surface area contributed by atoms with Gasteiger partial charge in [0.25, 0.3) is 0 Å². The van der Waals surface area contributed by atoms with Crippen molar-refractivity contribution in [3.8, 4) is 5.88 Å². The number of ether oxygens (including phenoxy) is 1. The molecule has 1 fully saturated rings. The molecule has 0 amide bonds. The minimum absolute atomic E-state index is 0.680. The predicted molar refractivity (Wildman–Crippen MR) is 74.3 cm³/mol. The summed E-state index contributed by atoms with van der Waals surface area (Å²) in [5.74, 6) is 1.44. The Bertz CT molecular complexity index is 353. The van der Waals surface area contributed by atoms with Gasteiger partial charge in [0.1, 0.15) is 0 Å². The van der Waals surface area contributed by atoms with Gasteiger partial charge in [-0.25, -0.2) is 4.98 Å². The van der Waals surface area contributed by atoms with E-state index in [0.717, 1.165) is 32.1 Å². The summed E-state index contributed by atoms with van der Waals surface area (Å²) in [6.45, 7) is 6.72. The largest absolute Gasteiger partial charge is 0.481 e. The van der Waals surface area contributed by atoms with E-state index in [1.165, 1.54) is 18.5 Å². The fraction of sp³-hybridized carbons (Fsp3) is 0.643. The Labute approximate surface area is 109 Å². The van der Waals surface area contributed by atoms with Crippen molar-refractivity contribution in [2.24, 2.45) is 5.92 Å². The van der Waals surface area contributed by atoms with Gasteiger partial charge < -0.3 is 15.0 Å². The smallest absolute Gasteiger partial charge is 0.213 e. The van der Waals surface area contributed by atoms with Crippen molar-refractivity contribution in [2.45, 2.75) is 19.8 Å². The van der Waals surface area contributed by atoms with Crippen molar-refractivity contribution < 1.29 is 4.74 Å². The quantitative estimate of drug-likeness (QED) is 0.782. The number of nitrogens with one attached hydrogen (secondary N) is 1. The highest BCUT2D eigenvalue weighted by Gasteiger charge is 2.22. The molecule has 0 bridgehead atoms. The Hall–Kier alpha value is -1.29. The van der Waals surface area contributed by atoms with Gasteiger partial charge in [-0.2, -0.15) is 0 Å². The number of anilines is 1. The molecule has 4 heteroatoms. The summed E-state index contributed by atoms with van der Waals surface area (Å²) >= 11 is 0. The van der Waals surface area contributed by atoms with Gasteiger partial charge in [0.05, 0.1) is 19.0 Å². The lowest BCUT2D eigenvalue weighted by atomic mass is 10.1. The summed E-state index contributed by atoms with van der Waals surface area (Å²) in [6.07, 6.45) is 4.38. The van der Waals surface area contributed by atoms with Crippen molar-refractivity contribution in [3.05, 3.63) is 18.3 Å². The number of aromatic nitrogens is 1. The van der Waals surface area contributed by atoms with Crippen LogP contribution in [0.15, 0.2) is 18.3 Å². The van der Waals surface area contributed by atoms with E-state index in [4.69, 9.17) is 4.74 Å². The molecule has 2 heterocycles. The number of hydrogen-bond acceptors (Lipinski definition) is 4. The molecule has 18 heavy (non-hydrogen) atoms. The minimum atomic E-state index is 0.680. The molecule has 1 atom stereocenters. The van der Waals surface area contributed by atoms with Crippen LogP contribution in [0.2, 0.25) is 0 Å². The second kappa shape index (κ2) is 6.59. The van der Waals surface area contributed by atoms with Gasteiger partial charge in [0, 0.05) is 19.2 Å². The molecule has 1 aromatic heterocycles. The molecule has 0 aliphatic carbocycles. The molecule has 0 saturated carbocycles. The standard InChI is InChI=1S/C14H23N3O/c1-3-7-15-9-12-6-8-17(11-12)13-4-5-14(18-2)16-10-13/h4-5,10,12,15H,3,6-9,11H2,1-2H3. The molecule has 1 unspecified atom stereocenters. The maximum atomic E-state index is 5.08. The number of rotatable bonds is 6. The highest BCUT2D eigenvalue weighted by atomic mass is 16.5. The van der Waals surface area contributed by atoms with E-state index in [2.05, 4.69) is 28.2 Å². The van der Waals surface area contributed by atoms with Crippen LogP contribution in [0.1, 0.15) is 19.8 Å². The first-order valence-electron chi connectivity index (χ1n) is 6.79. The zero-order valence-corrected chi connectivity index (χ0v) is 11.4. The summed E-state index contributed by atoms with van der Waals surface area (Å²) in [6, 6.07) is 4.02. The lowest BCUT2D eigenvalue weighted by molar-refractivity contribution is 0.398. The van der Waals surface area contributed by atoms with Gasteiger partial charge in [-0.1, -0.05) is 6.92 Å². The van der Waals surface area contributed by atoms with Gasteiger partial charge in [-0.15, -0.1) is 0 Å². The summed E-state index contributed by atoms with van der Waals surface area (Å²) < 4.78 is 5.08. The van der Waals surface area contributed by atoms with Gasteiger partial charge in [0.2, 0.25) is 5.88 Å². The molecule has 1 aromatic rings. The predicted octanol–water partition coefficient (Wildman–Crippen LogP) is 1.92. The summed E-state index contributed by atoms with van der Waals surface area (Å²) in [5.41, 5.74) is 1.20. The third-order valence-electron chi connectivity index (χ3n) is 3.44. The molecule has 100 valence electrons. The number of hydrogen-bond donors (Lipinski definition) is 1. The van der Waals surface area contributed by atoms with E-state index in [1.807, 2.05) is 12.3 Å². The van der Waals surface area contributed by atoms with Crippen molar-refractivity contribution in [3.63, 3.8) is 0 Å². The molecule has 1 aliphatic heterocycles. The maximum absolute atomic E-state index is 5.08. The van der Waals surface area contributed by atoms with Crippen LogP contribution in [-0.2, 0) is 0 Å². The van der Waals surface area contributed by atoms with Crippen LogP contribution in [0, 0.1) is 5.92 Å². The molecule has 2 rings (SSSR count). The number of methoxy groups -OCH3 is 1. The highest BCUT2D eigenvalue weighted by Crippen LogP contribution is 2.23. The second-order valence-corrected chi connectivity index (χ2v) is 4.86. The Morgan fingerprint density at radius 3 is 3.06 bits per heavy atom. The topological polar surface area (TPSA) is 37.4 Å². The van der Waals surface area contributed by atoms with Crippen LogP contribution in [0.25, 0.3) is 0 Å². The van der Waals surface area contributed by atoms with E-state index in [1.54, 1.807) is 7.11 Å². The molecular formula is C14H23N3O. The van der Waals surface area contributed by atoms with Gasteiger partial charge >= 0.3 is 0 Å². The van der Waals surface area contributed by atoms with Crippen LogP contribution < -0.4 is 15.0 Å². The van der Waals surface area contributed by atoms with E-state index >= 15 is 0 Å². The SMILES string of the molecule is CCCNCC1CCN(c2ccc(OC)nc2)C1. The first-order chi connectivity index (χ1) is 8.83. The molecule has 1 aliphatic rings. The lowest BCUT2D eigenvalue weighted by Gasteiger charge is -2.18. The van der Waals surface area contributed by atoms with E-state index in [9.17, 15) is 0 Å². The Kier molecular flexibility index (Phi) is 4.81. The van der Waals surface area contributed by atoms with Crippen LogP contribution in [0.5, 0.6) is 5.88 Å². The van der Waals surface area contributed by atoms with Crippen LogP contribution >= 0.6 is 0 Å². The zero-order chi connectivity index (χ0) is 12.8. The number of nitrogens with zero attached hydrogens (tertiary/aromatic N) is 2. The average Bonchev–Trinajstić information content (AvgIpc) is 2.88. The van der Waals surface area contributed by atoms with Crippen molar-refractivity contribution in [1.29, 1.82) is 0 Å². The van der Waals surface area contributed by atoms with Gasteiger partial charge in [-0.05, 0) is 37.9 Å². The third-order valence-corrected chi connectivity index (χ3v) is 3.44. The van der Waals surface area contributed by atoms with Crippen molar-refractivity contribution >= 4 is 5.69 Å². The van der Waals surface area contributed by atoms with E-state index in [-0.39, 0.29) is 0 Å². The van der Waals surface area contributed by atoms with Gasteiger partial charge in [-0.3, -0.25) is 0 Å². The zero-order valence-electron chi connectivity index (χ0n) is 11.4. The lowest BCUT2D eigenvalue weighted by Crippen LogP contribution is -2.26. The number of pyridine rings is 1. The van der Waals surface area contributed by atoms with Crippen LogP contribution in [-0.4, -0.2) is 38.3 Å². The van der Waals surface area contributed by atoms with Crippen molar-refractivity contribution in [1.82, 2.24) is 10.3 Å². The van der Waals surface area contributed by atoms with Crippen LogP contribution in [0.3, 0.4) is 0 Å². The molecule has 0 spiro atoms. The monoisotopic (exact) mass is 249 g/mol. The van der Waals surface area contributed by atoms with Crippen LogP contribution in [0.4, 0.5) is 5.69 Å². The normalized spacial score (nSPS) is 19.2. The molecule has 1 N–H and O–H groups in total. The first kappa shape index (κ1) is 13.1. The highest BCUT2D eigenvalue weighted by molar-refractivity contribution is 5.46. The van der Waals surface area contributed by atoms with Gasteiger partial charge in [0.15, 0.2) is 0 Å². The first-order valence-corrected chi connectivity index (χ1v) is 6.79. The Balaban J connectivity index is 1.83. The van der Waals surface area contributed by atoms with E-state index in [0.29, 0.717) is 5.88 Å². The Morgan fingerprint density at radius 2 is 2.39 bits per heavy atom. The second-order valence-electron chi connectivity index (χ2n) is 4.86. The molecule has 4 nitrogen and oxygen atoms in total.